The van der Waals surface area contributed by atoms with Gasteiger partial charge in [-0.05, 0) is 16.7 Å². The molecule has 1 aliphatic heterocycles. The molecule has 4 aromatic rings. The first-order valence-corrected chi connectivity index (χ1v) is 11.2. The van der Waals surface area contributed by atoms with Crippen LogP contribution in [0.25, 0.3) is 15.7 Å². The molecule has 154 valence electrons. The largest absolute Gasteiger partial charge is 0.338 e. The molecule has 0 aromatic carbocycles. The van der Waals surface area contributed by atoms with Crippen molar-refractivity contribution >= 4 is 33.5 Å². The Hall–Kier alpha value is -2.96. The summed E-state index contributed by atoms with van der Waals surface area (Å²) >= 11 is 2.98. The van der Waals surface area contributed by atoms with Gasteiger partial charge in [-0.1, -0.05) is 6.07 Å². The molecule has 1 amide bonds. The highest BCUT2D eigenvalue weighted by molar-refractivity contribution is 7.15. The van der Waals surface area contributed by atoms with Gasteiger partial charge in [-0.15, -0.1) is 32.9 Å². The van der Waals surface area contributed by atoms with E-state index in [-0.39, 0.29) is 18.0 Å². The van der Waals surface area contributed by atoms with E-state index >= 15 is 0 Å². The first-order chi connectivity index (χ1) is 14.7. The average Bonchev–Trinajstić information content (AvgIpc) is 3.50. The molecule has 1 fully saturated rings. The van der Waals surface area contributed by atoms with E-state index in [9.17, 15) is 9.59 Å². The van der Waals surface area contributed by atoms with Gasteiger partial charge in [0.25, 0.3) is 5.56 Å². The second-order valence-electron chi connectivity index (χ2n) is 6.92. The van der Waals surface area contributed by atoms with Crippen LogP contribution < -0.4 is 5.56 Å². The third-order valence-corrected chi connectivity index (χ3v) is 6.56. The molecule has 5 rings (SSSR count). The number of amides is 1. The van der Waals surface area contributed by atoms with Crippen molar-refractivity contribution in [2.75, 3.05) is 26.2 Å². The van der Waals surface area contributed by atoms with Gasteiger partial charge in [0, 0.05) is 50.4 Å². The number of rotatable bonds is 5. The molecule has 0 radical (unpaired) electrons. The van der Waals surface area contributed by atoms with Crippen LogP contribution in [-0.4, -0.2) is 71.5 Å². The Morgan fingerprint density at radius 2 is 2.00 bits per heavy atom. The summed E-state index contributed by atoms with van der Waals surface area (Å²) < 4.78 is 1.55. The van der Waals surface area contributed by atoms with Gasteiger partial charge < -0.3 is 4.90 Å². The summed E-state index contributed by atoms with van der Waals surface area (Å²) in [7, 11) is 0. The summed E-state index contributed by atoms with van der Waals surface area (Å²) in [5.41, 5.74) is 0.697. The third-order valence-electron chi connectivity index (χ3n) is 4.94. The Balaban J connectivity index is 1.16. The molecular weight excluding hydrogens is 424 g/mol. The van der Waals surface area contributed by atoms with Gasteiger partial charge in [-0.2, -0.15) is 4.80 Å². The van der Waals surface area contributed by atoms with E-state index in [1.54, 1.807) is 16.7 Å². The lowest BCUT2D eigenvalue weighted by Gasteiger charge is -2.34. The third kappa shape index (κ3) is 3.88. The molecule has 0 spiro atoms. The average molecular weight is 443 g/mol. The predicted molar refractivity (Wildman–Crippen MR) is 112 cm³/mol. The van der Waals surface area contributed by atoms with Gasteiger partial charge in [0.2, 0.25) is 11.7 Å². The van der Waals surface area contributed by atoms with Crippen molar-refractivity contribution in [2.24, 2.45) is 0 Å². The number of carbonyl (C=O) groups is 1. The van der Waals surface area contributed by atoms with Crippen molar-refractivity contribution in [1.82, 2.24) is 39.4 Å². The second-order valence-corrected chi connectivity index (χ2v) is 8.74. The highest BCUT2D eigenvalue weighted by Gasteiger charge is 2.22. The van der Waals surface area contributed by atoms with Crippen LogP contribution in [0.5, 0.6) is 0 Å². The lowest BCUT2D eigenvalue weighted by molar-refractivity contribution is -0.134. The number of thiazole rings is 1. The minimum atomic E-state index is -0.0627. The van der Waals surface area contributed by atoms with Gasteiger partial charge in [0.15, 0.2) is 4.96 Å². The van der Waals surface area contributed by atoms with E-state index < -0.39 is 0 Å². The van der Waals surface area contributed by atoms with Gasteiger partial charge in [0.05, 0.1) is 10.6 Å². The smallest absolute Gasteiger partial charge is 0.258 e. The fourth-order valence-electron chi connectivity index (χ4n) is 3.39. The molecule has 1 saturated heterocycles. The van der Waals surface area contributed by atoms with Crippen molar-refractivity contribution in [3.05, 3.63) is 51.2 Å². The molecule has 4 aromatic heterocycles. The number of fused-ring (bicyclic) bond motifs is 1. The number of nitrogens with zero attached hydrogens (tertiary/aromatic N) is 8. The Morgan fingerprint density at radius 1 is 1.13 bits per heavy atom. The number of piperazine rings is 1. The Labute approximate surface area is 179 Å². The quantitative estimate of drug-likeness (QED) is 0.451. The zero-order valence-corrected chi connectivity index (χ0v) is 17.6. The first kappa shape index (κ1) is 19.0. The number of aromatic nitrogens is 6. The van der Waals surface area contributed by atoms with Gasteiger partial charge in [0.1, 0.15) is 6.54 Å². The van der Waals surface area contributed by atoms with Gasteiger partial charge in [-0.3, -0.25) is 18.9 Å². The van der Waals surface area contributed by atoms with Crippen LogP contribution in [0.4, 0.5) is 0 Å². The van der Waals surface area contributed by atoms with Crippen LogP contribution in [0.2, 0.25) is 0 Å². The van der Waals surface area contributed by atoms with E-state index in [1.807, 2.05) is 27.8 Å². The molecule has 0 N–H and O–H groups in total. The molecule has 0 atom stereocenters. The fourth-order valence-corrected chi connectivity index (χ4v) is 4.78. The molecule has 0 aliphatic carbocycles. The zero-order valence-electron chi connectivity index (χ0n) is 15.9. The summed E-state index contributed by atoms with van der Waals surface area (Å²) in [5, 5.41) is 16.1. The van der Waals surface area contributed by atoms with E-state index in [2.05, 4.69) is 25.3 Å². The maximum Gasteiger partial charge on any atom is 0.258 e. The number of carbonyl (C=O) groups excluding carboxylic acids is 1. The first-order valence-electron chi connectivity index (χ1n) is 9.43. The molecule has 0 saturated carbocycles. The number of hydrogen-bond donors (Lipinski definition) is 0. The lowest BCUT2D eigenvalue weighted by atomic mass is 10.2. The summed E-state index contributed by atoms with van der Waals surface area (Å²) in [4.78, 5) is 36.3. The number of thiophene rings is 1. The van der Waals surface area contributed by atoms with Gasteiger partial charge >= 0.3 is 0 Å². The molecule has 5 heterocycles. The highest BCUT2D eigenvalue weighted by Crippen LogP contribution is 2.19. The summed E-state index contributed by atoms with van der Waals surface area (Å²) in [5.74, 6) is 0.509. The van der Waals surface area contributed by atoms with Crippen LogP contribution in [0.3, 0.4) is 0 Å². The highest BCUT2D eigenvalue weighted by atomic mass is 32.1. The molecule has 12 heteroatoms. The zero-order chi connectivity index (χ0) is 20.5. The van der Waals surface area contributed by atoms with Crippen LogP contribution in [-0.2, 0) is 17.9 Å². The normalized spacial score (nSPS) is 15.1. The Bertz CT molecular complexity index is 1220. The fraction of sp³-hybridized carbons (Fsp3) is 0.333. The molecule has 1 aliphatic rings. The molecule has 10 nitrogen and oxygen atoms in total. The number of tetrazole rings is 1. The molecule has 30 heavy (non-hydrogen) atoms. The van der Waals surface area contributed by atoms with Crippen LogP contribution in [0.15, 0.2) is 40.0 Å². The van der Waals surface area contributed by atoms with Gasteiger partial charge in [-0.25, -0.2) is 4.98 Å². The SMILES string of the molecule is O=C(Cn1nnc(-c2cccs2)n1)N1CCN(Cc2cc(=O)n3ccsc3n2)CC1. The lowest BCUT2D eigenvalue weighted by Crippen LogP contribution is -2.49. The summed E-state index contributed by atoms with van der Waals surface area (Å²) in [6.07, 6.45) is 1.73. The van der Waals surface area contributed by atoms with E-state index in [0.29, 0.717) is 30.4 Å². The minimum Gasteiger partial charge on any atom is -0.338 e. The van der Waals surface area contributed by atoms with Crippen molar-refractivity contribution in [1.29, 1.82) is 0 Å². The van der Waals surface area contributed by atoms with Crippen molar-refractivity contribution in [3.8, 4) is 10.7 Å². The number of hydrogen-bond acceptors (Lipinski definition) is 9. The Kier molecular flexibility index (Phi) is 5.11. The molecule has 0 bridgehead atoms. The van der Waals surface area contributed by atoms with Crippen LogP contribution >= 0.6 is 22.7 Å². The van der Waals surface area contributed by atoms with E-state index in [0.717, 1.165) is 23.7 Å². The van der Waals surface area contributed by atoms with E-state index in [1.165, 1.54) is 27.5 Å². The standard InChI is InChI=1S/C18H18N8O2S2/c27-15-10-13(19-18-25(15)7-9-30-18)11-23-3-5-24(6-4-23)16(28)12-26-21-17(20-22-26)14-2-1-8-29-14/h1-2,7-10H,3-6,11-12H2. The Morgan fingerprint density at radius 3 is 2.80 bits per heavy atom. The van der Waals surface area contributed by atoms with Crippen LogP contribution in [0, 0.1) is 0 Å². The predicted octanol–water partition coefficient (Wildman–Crippen LogP) is 0.815. The summed E-state index contributed by atoms with van der Waals surface area (Å²) in [6.45, 7) is 3.36. The second kappa shape index (κ2) is 8.05. The van der Waals surface area contributed by atoms with E-state index in [4.69, 9.17) is 0 Å². The monoisotopic (exact) mass is 442 g/mol. The van der Waals surface area contributed by atoms with Crippen molar-refractivity contribution < 1.29 is 4.79 Å². The van der Waals surface area contributed by atoms with Crippen molar-refractivity contribution in [2.45, 2.75) is 13.1 Å². The topological polar surface area (TPSA) is 102 Å². The maximum absolute atomic E-state index is 12.6. The summed E-state index contributed by atoms with van der Waals surface area (Å²) in [6, 6.07) is 5.43. The maximum atomic E-state index is 12.6. The molecule has 0 unspecified atom stereocenters. The van der Waals surface area contributed by atoms with Crippen LogP contribution in [0.1, 0.15) is 5.69 Å². The molecular formula is C18H18N8O2S2. The van der Waals surface area contributed by atoms with Crippen molar-refractivity contribution in [3.63, 3.8) is 0 Å². The minimum absolute atomic E-state index is 0.0267.